The molecule has 1 aromatic carbocycles. The van der Waals surface area contributed by atoms with E-state index in [0.29, 0.717) is 36.8 Å². The summed E-state index contributed by atoms with van der Waals surface area (Å²) >= 11 is 7.50. The van der Waals surface area contributed by atoms with Gasteiger partial charge in [-0.2, -0.15) is 0 Å². The quantitative estimate of drug-likeness (QED) is 0.737. The van der Waals surface area contributed by atoms with Gasteiger partial charge in [-0.05, 0) is 37.6 Å². The highest BCUT2D eigenvalue weighted by Gasteiger charge is 2.28. The molecule has 8 heteroatoms. The van der Waals surface area contributed by atoms with E-state index in [0.717, 1.165) is 34.8 Å². The molecule has 6 nitrogen and oxygen atoms in total. The minimum atomic E-state index is -0.00711. The number of rotatable bonds is 4. The van der Waals surface area contributed by atoms with Crippen LogP contribution in [0.2, 0.25) is 5.02 Å². The minimum Gasteiger partial charge on any atom is -0.440 e. The third-order valence-electron chi connectivity index (χ3n) is 4.63. The molecule has 0 spiro atoms. The second-order valence-electron chi connectivity index (χ2n) is 6.40. The highest BCUT2D eigenvalue weighted by Crippen LogP contribution is 2.31. The molecular formula is C18H19ClN4O2S. The van der Waals surface area contributed by atoms with E-state index in [1.165, 1.54) is 11.3 Å². The van der Waals surface area contributed by atoms with Gasteiger partial charge in [0.2, 0.25) is 0 Å². The molecule has 0 saturated carbocycles. The molecule has 0 radical (unpaired) electrons. The van der Waals surface area contributed by atoms with E-state index in [-0.39, 0.29) is 11.8 Å². The lowest BCUT2D eigenvalue weighted by Crippen LogP contribution is -2.38. The summed E-state index contributed by atoms with van der Waals surface area (Å²) in [4.78, 5) is 23.4. The van der Waals surface area contributed by atoms with Crippen molar-refractivity contribution in [1.82, 2.24) is 14.9 Å². The van der Waals surface area contributed by atoms with Crippen molar-refractivity contribution in [1.29, 1.82) is 0 Å². The van der Waals surface area contributed by atoms with E-state index in [1.54, 1.807) is 6.07 Å². The highest BCUT2D eigenvalue weighted by molar-refractivity contribution is 7.09. The van der Waals surface area contributed by atoms with Crippen molar-refractivity contribution in [2.45, 2.75) is 25.2 Å². The largest absolute Gasteiger partial charge is 0.440 e. The number of hydrogen-bond donors (Lipinski definition) is 1. The first-order valence-corrected chi connectivity index (χ1v) is 9.89. The van der Waals surface area contributed by atoms with Crippen molar-refractivity contribution in [2.75, 3.05) is 19.6 Å². The number of nitrogens with zero attached hydrogens (tertiary/aromatic N) is 3. The summed E-state index contributed by atoms with van der Waals surface area (Å²) in [7, 11) is 0. The Morgan fingerprint density at radius 1 is 1.35 bits per heavy atom. The fraction of sp³-hybridized carbons (Fsp3) is 0.389. The molecule has 4 rings (SSSR count). The summed E-state index contributed by atoms with van der Waals surface area (Å²) < 4.78 is 5.88. The molecule has 136 valence electrons. The van der Waals surface area contributed by atoms with Crippen molar-refractivity contribution in [3.8, 4) is 0 Å². The van der Waals surface area contributed by atoms with Crippen LogP contribution < -0.4 is 5.73 Å². The Morgan fingerprint density at radius 2 is 2.15 bits per heavy atom. The van der Waals surface area contributed by atoms with Crippen molar-refractivity contribution in [2.24, 2.45) is 5.73 Å². The van der Waals surface area contributed by atoms with Crippen LogP contribution in [-0.4, -0.2) is 40.4 Å². The minimum absolute atomic E-state index is 0.00711. The molecule has 1 aliphatic rings. The number of nitrogens with two attached hydrogens (primary N) is 1. The number of hydrogen-bond acceptors (Lipinski definition) is 6. The van der Waals surface area contributed by atoms with Gasteiger partial charge >= 0.3 is 0 Å². The van der Waals surface area contributed by atoms with E-state index >= 15 is 0 Å². The van der Waals surface area contributed by atoms with Crippen LogP contribution in [-0.2, 0) is 6.42 Å². The third-order valence-corrected chi connectivity index (χ3v) is 5.77. The Bertz CT molecular complexity index is 930. The number of aromatic nitrogens is 2. The molecular weight excluding hydrogens is 372 g/mol. The summed E-state index contributed by atoms with van der Waals surface area (Å²) in [6.45, 7) is 1.89. The van der Waals surface area contributed by atoms with Crippen LogP contribution in [0.1, 0.15) is 40.1 Å². The summed E-state index contributed by atoms with van der Waals surface area (Å²) in [6, 6.07) is 5.45. The van der Waals surface area contributed by atoms with E-state index in [9.17, 15) is 4.79 Å². The molecule has 2 aromatic heterocycles. The fourth-order valence-electron chi connectivity index (χ4n) is 3.23. The van der Waals surface area contributed by atoms with Crippen LogP contribution in [0.15, 0.2) is 28.0 Å². The first-order chi connectivity index (χ1) is 12.6. The lowest BCUT2D eigenvalue weighted by molar-refractivity contribution is 0.0701. The van der Waals surface area contributed by atoms with Gasteiger partial charge in [-0.1, -0.05) is 11.6 Å². The topological polar surface area (TPSA) is 85.2 Å². The van der Waals surface area contributed by atoms with Crippen molar-refractivity contribution in [3.05, 3.63) is 45.2 Å². The Hall–Kier alpha value is -1.96. The molecule has 3 heterocycles. The van der Waals surface area contributed by atoms with Crippen LogP contribution in [0.25, 0.3) is 11.1 Å². The monoisotopic (exact) mass is 390 g/mol. The molecule has 1 aliphatic heterocycles. The second-order valence-corrected chi connectivity index (χ2v) is 7.77. The van der Waals surface area contributed by atoms with Crippen LogP contribution in [0, 0.1) is 0 Å². The van der Waals surface area contributed by atoms with Gasteiger partial charge in [0.15, 0.2) is 11.5 Å². The van der Waals surface area contributed by atoms with Crippen LogP contribution >= 0.6 is 22.9 Å². The fourth-order valence-corrected chi connectivity index (χ4v) is 4.19. The number of likely N-dealkylation sites (tertiary alicyclic amines) is 1. The first-order valence-electron chi connectivity index (χ1n) is 8.64. The average molecular weight is 391 g/mol. The number of carbonyl (C=O) groups excluding carboxylic acids is 1. The van der Waals surface area contributed by atoms with Gasteiger partial charge in [-0.3, -0.25) is 4.79 Å². The Kier molecular flexibility index (Phi) is 4.93. The summed E-state index contributed by atoms with van der Waals surface area (Å²) in [5.41, 5.74) is 7.59. The molecule has 0 bridgehead atoms. The number of piperidine rings is 1. The molecule has 0 aliphatic carbocycles. The molecule has 1 fully saturated rings. The average Bonchev–Trinajstić information content (AvgIpc) is 3.28. The van der Waals surface area contributed by atoms with E-state index in [4.69, 9.17) is 21.8 Å². The normalized spacial score (nSPS) is 15.7. The van der Waals surface area contributed by atoms with E-state index < -0.39 is 0 Å². The zero-order valence-corrected chi connectivity index (χ0v) is 15.7. The van der Waals surface area contributed by atoms with E-state index in [2.05, 4.69) is 9.97 Å². The maximum Gasteiger partial charge on any atom is 0.273 e. The Morgan fingerprint density at radius 3 is 2.92 bits per heavy atom. The van der Waals surface area contributed by atoms with Gasteiger partial charge in [0.25, 0.3) is 5.91 Å². The van der Waals surface area contributed by atoms with Crippen molar-refractivity contribution >= 4 is 39.9 Å². The standard InChI is InChI=1S/C18H19ClN4O2S/c19-12-1-2-15-13(9-12)22-17(25-15)11-4-7-23(8-5-11)18(24)14-10-26-16(21-14)3-6-20/h1-2,9-11H,3-8,20H2. The summed E-state index contributed by atoms with van der Waals surface area (Å²) in [6.07, 6.45) is 2.36. The van der Waals surface area contributed by atoms with Gasteiger partial charge in [-0.15, -0.1) is 11.3 Å². The van der Waals surface area contributed by atoms with Crippen molar-refractivity contribution in [3.63, 3.8) is 0 Å². The number of halogens is 1. The van der Waals surface area contributed by atoms with Gasteiger partial charge in [-0.25, -0.2) is 9.97 Å². The zero-order valence-electron chi connectivity index (χ0n) is 14.2. The second kappa shape index (κ2) is 7.34. The van der Waals surface area contributed by atoms with Gasteiger partial charge in [0.05, 0.1) is 5.01 Å². The SMILES string of the molecule is NCCc1nc(C(=O)N2CCC(c3nc4cc(Cl)ccc4o3)CC2)cs1. The Labute approximate surface area is 160 Å². The molecule has 26 heavy (non-hydrogen) atoms. The number of amides is 1. The predicted octanol–water partition coefficient (Wildman–Crippen LogP) is 3.46. The van der Waals surface area contributed by atoms with Gasteiger partial charge in [0.1, 0.15) is 11.2 Å². The van der Waals surface area contributed by atoms with Crippen LogP contribution in [0.4, 0.5) is 0 Å². The molecule has 0 atom stereocenters. The molecule has 2 N–H and O–H groups in total. The number of carbonyl (C=O) groups is 1. The molecule has 0 unspecified atom stereocenters. The maximum absolute atomic E-state index is 12.6. The molecule has 1 amide bonds. The summed E-state index contributed by atoms with van der Waals surface area (Å²) in [5, 5.41) is 3.38. The van der Waals surface area contributed by atoms with Crippen LogP contribution in [0.5, 0.6) is 0 Å². The maximum atomic E-state index is 12.6. The summed E-state index contributed by atoms with van der Waals surface area (Å²) in [5.74, 6) is 0.939. The van der Waals surface area contributed by atoms with E-state index in [1.807, 2.05) is 22.4 Å². The van der Waals surface area contributed by atoms with Crippen molar-refractivity contribution < 1.29 is 9.21 Å². The van der Waals surface area contributed by atoms with Crippen LogP contribution in [0.3, 0.4) is 0 Å². The smallest absolute Gasteiger partial charge is 0.273 e. The number of benzene rings is 1. The molecule has 1 saturated heterocycles. The number of fused-ring (bicyclic) bond motifs is 1. The lowest BCUT2D eigenvalue weighted by Gasteiger charge is -2.30. The van der Waals surface area contributed by atoms with Gasteiger partial charge in [0, 0.05) is 35.8 Å². The Balaban J connectivity index is 1.41. The zero-order chi connectivity index (χ0) is 18.1. The number of oxazole rings is 1. The lowest BCUT2D eigenvalue weighted by atomic mass is 9.96. The number of thiazole rings is 1. The van der Waals surface area contributed by atoms with Gasteiger partial charge < -0.3 is 15.1 Å². The first kappa shape index (κ1) is 17.5. The predicted molar refractivity (Wildman–Crippen MR) is 102 cm³/mol. The molecule has 3 aromatic rings. The highest BCUT2D eigenvalue weighted by atomic mass is 35.5. The third kappa shape index (κ3) is 3.47.